The minimum atomic E-state index is -0.979. The van der Waals surface area contributed by atoms with Crippen LogP contribution in [0, 0.1) is 96.6 Å². The predicted octanol–water partition coefficient (Wildman–Crippen LogP) is 5.46. The number of benzene rings is 4. The Kier molecular flexibility index (Phi) is 8.02. The van der Waals surface area contributed by atoms with Crippen LogP contribution in [0.2, 0.25) is 0 Å². The Morgan fingerprint density at radius 3 is 1.00 bits per heavy atom. The van der Waals surface area contributed by atoms with Gasteiger partial charge in [-0.1, -0.05) is 0 Å². The molecule has 8 heteroatoms. The number of nitriles is 8. The molecule has 0 bridgehead atoms. The third-order valence-corrected chi connectivity index (χ3v) is 6.50. The van der Waals surface area contributed by atoms with Crippen LogP contribution < -0.4 is 0 Å². The summed E-state index contributed by atoms with van der Waals surface area (Å²) in [5.41, 5.74) is 2.63. The number of nitrogens with zero attached hydrogens (tertiary/aromatic N) is 8. The highest BCUT2D eigenvalue weighted by atomic mass is 14.4. The monoisotopic (exact) mass is 533 g/mol. The van der Waals surface area contributed by atoms with Gasteiger partial charge in [0.05, 0.1) is 93.1 Å². The van der Waals surface area contributed by atoms with Gasteiger partial charge in [0.15, 0.2) is 0 Å². The third kappa shape index (κ3) is 5.34. The summed E-state index contributed by atoms with van der Waals surface area (Å²) in [4.78, 5) is 0. The van der Waals surface area contributed by atoms with Gasteiger partial charge in [-0.2, -0.15) is 42.1 Å². The Hall–Kier alpha value is -7.20. The van der Waals surface area contributed by atoms with E-state index in [9.17, 15) is 42.1 Å². The summed E-state index contributed by atoms with van der Waals surface area (Å²) in [7, 11) is 0. The average Bonchev–Trinajstić information content (AvgIpc) is 3.05. The van der Waals surface area contributed by atoms with Crippen molar-refractivity contribution in [2.24, 2.45) is 0 Å². The highest BCUT2D eigenvalue weighted by Gasteiger charge is 2.34. The van der Waals surface area contributed by atoms with Crippen molar-refractivity contribution in [3.8, 4) is 48.6 Å². The van der Waals surface area contributed by atoms with E-state index in [1.165, 1.54) is 72.8 Å². The molecule has 1 radical (unpaired) electrons. The molecular weight excluding hydrogens is 520 g/mol. The van der Waals surface area contributed by atoms with Crippen LogP contribution in [0.15, 0.2) is 72.8 Å². The molecule has 0 spiro atoms. The van der Waals surface area contributed by atoms with Crippen LogP contribution in [0.25, 0.3) is 0 Å². The van der Waals surface area contributed by atoms with Crippen LogP contribution in [0.1, 0.15) is 72.7 Å². The molecule has 0 aliphatic carbocycles. The van der Waals surface area contributed by atoms with Gasteiger partial charge in [0, 0.05) is 11.8 Å². The predicted molar refractivity (Wildman–Crippen MR) is 147 cm³/mol. The summed E-state index contributed by atoms with van der Waals surface area (Å²) in [6.07, 6.45) is 0. The molecule has 0 aliphatic heterocycles. The van der Waals surface area contributed by atoms with E-state index in [1.807, 2.05) is 24.3 Å². The molecule has 0 heterocycles. The summed E-state index contributed by atoms with van der Waals surface area (Å²) in [6, 6.07) is 34.3. The molecule has 0 fully saturated rings. The molecule has 0 saturated carbocycles. The fraction of sp³-hybridized carbons (Fsp3) is 0.0294. The maximum absolute atomic E-state index is 10.1. The topological polar surface area (TPSA) is 190 Å². The lowest BCUT2D eigenvalue weighted by atomic mass is 9.70. The maximum atomic E-state index is 10.1. The first kappa shape index (κ1) is 27.8. The van der Waals surface area contributed by atoms with Gasteiger partial charge in [-0.15, -0.1) is 0 Å². The zero-order valence-corrected chi connectivity index (χ0v) is 21.6. The van der Waals surface area contributed by atoms with Crippen molar-refractivity contribution in [2.45, 2.75) is 5.92 Å². The quantitative estimate of drug-likeness (QED) is 0.322. The molecule has 4 rings (SSSR count). The van der Waals surface area contributed by atoms with Crippen LogP contribution in [-0.4, -0.2) is 0 Å². The lowest BCUT2D eigenvalue weighted by Gasteiger charge is -2.30. The molecule has 4 aromatic rings. The standard InChI is InChI=1S/C34H13N8/c35-13-21-1-3-27(19-41)31(11-21)34(32-12-22(14-36)2-4-28(32)20-42)33(29-7-23(15-37)5-24(8-29)16-38)30-9-25(17-39)6-26(10-30)18-40/h1-12,33H. The Bertz CT molecular complexity index is 1890. The Morgan fingerprint density at radius 2 is 0.714 bits per heavy atom. The number of hydrogen-bond acceptors (Lipinski definition) is 8. The lowest BCUT2D eigenvalue weighted by Crippen LogP contribution is -2.19. The second kappa shape index (κ2) is 12.1. The number of hydrogen-bond donors (Lipinski definition) is 0. The van der Waals surface area contributed by atoms with Crippen molar-refractivity contribution in [2.75, 3.05) is 0 Å². The first-order chi connectivity index (χ1) is 20.4. The molecule has 0 N–H and O–H groups in total. The third-order valence-electron chi connectivity index (χ3n) is 6.50. The molecule has 189 valence electrons. The number of rotatable bonds is 5. The van der Waals surface area contributed by atoms with Crippen LogP contribution in [0.4, 0.5) is 0 Å². The summed E-state index contributed by atoms with van der Waals surface area (Å²) in [5, 5.41) is 78.7. The van der Waals surface area contributed by atoms with E-state index in [0.717, 1.165) is 0 Å². The second-order valence-electron chi connectivity index (χ2n) is 8.95. The Balaban J connectivity index is 2.27. The molecule has 0 atom stereocenters. The van der Waals surface area contributed by atoms with Crippen LogP contribution in [0.3, 0.4) is 0 Å². The molecule has 0 saturated heterocycles. The highest BCUT2D eigenvalue weighted by Crippen LogP contribution is 2.45. The zero-order valence-electron chi connectivity index (χ0n) is 21.6. The molecule has 0 unspecified atom stereocenters. The summed E-state index contributed by atoms with van der Waals surface area (Å²) in [6.45, 7) is 0. The van der Waals surface area contributed by atoms with Crippen LogP contribution in [0.5, 0.6) is 0 Å². The van der Waals surface area contributed by atoms with Gasteiger partial charge in [0.1, 0.15) is 0 Å². The molecule has 0 aromatic heterocycles. The lowest BCUT2D eigenvalue weighted by molar-refractivity contribution is 0.863. The molecule has 0 amide bonds. The summed E-state index contributed by atoms with van der Waals surface area (Å²) in [5.74, 6) is -0.678. The SMILES string of the molecule is N#Cc1cc(C#N)cc(C([C](c2cc(C#N)ccc2C#N)c2cc(C#N)ccc2C#N)c2cc(C#N)cc(C#N)c2)c1. The first-order valence-electron chi connectivity index (χ1n) is 12.1. The van der Waals surface area contributed by atoms with Crippen molar-refractivity contribution in [3.63, 3.8) is 0 Å². The fourth-order valence-electron chi connectivity index (χ4n) is 4.74. The second-order valence-corrected chi connectivity index (χ2v) is 8.95. The Morgan fingerprint density at radius 1 is 0.381 bits per heavy atom. The van der Waals surface area contributed by atoms with Gasteiger partial charge >= 0.3 is 0 Å². The van der Waals surface area contributed by atoms with E-state index in [4.69, 9.17) is 0 Å². The van der Waals surface area contributed by atoms with E-state index in [-0.39, 0.29) is 55.6 Å². The van der Waals surface area contributed by atoms with E-state index in [2.05, 4.69) is 24.3 Å². The van der Waals surface area contributed by atoms with Gasteiger partial charge in [-0.3, -0.25) is 0 Å². The normalized spacial score (nSPS) is 9.67. The van der Waals surface area contributed by atoms with Crippen LogP contribution in [-0.2, 0) is 0 Å². The Labute approximate surface area is 241 Å². The van der Waals surface area contributed by atoms with Crippen molar-refractivity contribution < 1.29 is 0 Å². The van der Waals surface area contributed by atoms with Gasteiger partial charge in [0.25, 0.3) is 0 Å². The van der Waals surface area contributed by atoms with E-state index in [1.54, 1.807) is 0 Å². The smallest absolute Gasteiger partial charge is 0.0994 e. The van der Waals surface area contributed by atoms with Crippen molar-refractivity contribution in [3.05, 3.63) is 145 Å². The summed E-state index contributed by atoms with van der Waals surface area (Å²) < 4.78 is 0. The van der Waals surface area contributed by atoms with Gasteiger partial charge < -0.3 is 0 Å². The molecule has 4 aromatic carbocycles. The maximum Gasteiger partial charge on any atom is 0.0994 e. The van der Waals surface area contributed by atoms with Gasteiger partial charge in [-0.05, 0) is 95.1 Å². The van der Waals surface area contributed by atoms with Crippen molar-refractivity contribution in [1.29, 1.82) is 42.1 Å². The minimum absolute atomic E-state index is 0.147. The highest BCUT2D eigenvalue weighted by molar-refractivity contribution is 5.67. The fourth-order valence-corrected chi connectivity index (χ4v) is 4.74. The largest absolute Gasteiger partial charge is 0.192 e. The zero-order chi connectivity index (χ0) is 30.2. The van der Waals surface area contributed by atoms with Gasteiger partial charge in [0.2, 0.25) is 0 Å². The molecule has 0 aliphatic rings. The van der Waals surface area contributed by atoms with E-state index in [0.29, 0.717) is 17.0 Å². The van der Waals surface area contributed by atoms with Crippen molar-refractivity contribution in [1.82, 2.24) is 0 Å². The molecular formula is C34H13N8. The van der Waals surface area contributed by atoms with Crippen LogP contribution >= 0.6 is 0 Å². The molecule has 42 heavy (non-hydrogen) atoms. The first-order valence-corrected chi connectivity index (χ1v) is 12.1. The van der Waals surface area contributed by atoms with Gasteiger partial charge in [-0.25, -0.2) is 0 Å². The average molecular weight is 534 g/mol. The van der Waals surface area contributed by atoms with E-state index < -0.39 is 5.92 Å². The summed E-state index contributed by atoms with van der Waals surface area (Å²) >= 11 is 0. The molecule has 8 nitrogen and oxygen atoms in total. The minimum Gasteiger partial charge on any atom is -0.192 e. The van der Waals surface area contributed by atoms with E-state index >= 15 is 0 Å². The van der Waals surface area contributed by atoms with Crippen molar-refractivity contribution >= 4 is 0 Å².